The van der Waals surface area contributed by atoms with E-state index in [1.165, 1.54) is 4.90 Å². The van der Waals surface area contributed by atoms with E-state index in [9.17, 15) is 9.59 Å². The minimum absolute atomic E-state index is 0.179. The summed E-state index contributed by atoms with van der Waals surface area (Å²) in [5.74, 6) is -0.357. The number of rotatable bonds is 1. The van der Waals surface area contributed by atoms with Gasteiger partial charge in [0, 0.05) is 12.8 Å². The number of nitrogens with two attached hydrogens (primary N) is 1. The Balaban J connectivity index is 2.20. The number of hydrogen-bond donors (Lipinski definition) is 1. The van der Waals surface area contributed by atoms with Gasteiger partial charge in [-0.25, -0.2) is 4.90 Å². The molecule has 0 radical (unpaired) electrons. The van der Waals surface area contributed by atoms with Crippen LogP contribution in [0.5, 0.6) is 0 Å². The fourth-order valence-corrected chi connectivity index (χ4v) is 2.28. The van der Waals surface area contributed by atoms with Gasteiger partial charge in [0.05, 0.1) is 11.4 Å². The zero-order valence-electron chi connectivity index (χ0n) is 9.72. The van der Waals surface area contributed by atoms with Crippen molar-refractivity contribution < 1.29 is 9.59 Å². The van der Waals surface area contributed by atoms with Gasteiger partial charge in [-0.1, -0.05) is 24.3 Å². The summed E-state index contributed by atoms with van der Waals surface area (Å²) in [6.07, 6.45) is 0.538. The van der Waals surface area contributed by atoms with Crippen molar-refractivity contribution in [2.24, 2.45) is 0 Å². The molecule has 2 amide bonds. The number of benzene rings is 2. The molecule has 1 aliphatic heterocycles. The van der Waals surface area contributed by atoms with E-state index in [-0.39, 0.29) is 24.7 Å². The normalized spacial score (nSPS) is 15.7. The van der Waals surface area contributed by atoms with E-state index in [1.54, 1.807) is 12.1 Å². The molecule has 90 valence electrons. The van der Waals surface area contributed by atoms with Crippen LogP contribution in [0.3, 0.4) is 0 Å². The molecule has 0 unspecified atom stereocenters. The first-order valence-electron chi connectivity index (χ1n) is 5.81. The molecule has 0 aromatic heterocycles. The lowest BCUT2D eigenvalue weighted by atomic mass is 10.1. The van der Waals surface area contributed by atoms with Crippen LogP contribution in [0.25, 0.3) is 10.8 Å². The third-order valence-corrected chi connectivity index (χ3v) is 3.19. The highest BCUT2D eigenvalue weighted by molar-refractivity contribution is 6.21. The van der Waals surface area contributed by atoms with Crippen molar-refractivity contribution >= 4 is 34.0 Å². The molecule has 3 rings (SSSR count). The number of nitrogen functional groups attached to an aromatic ring is 1. The molecule has 0 aliphatic carbocycles. The van der Waals surface area contributed by atoms with Crippen molar-refractivity contribution in [3.63, 3.8) is 0 Å². The Hall–Kier alpha value is -2.36. The lowest BCUT2D eigenvalue weighted by Gasteiger charge is -2.17. The van der Waals surface area contributed by atoms with Gasteiger partial charge in [-0.2, -0.15) is 0 Å². The number of carbonyl (C=O) groups is 2. The molecule has 1 heterocycles. The molecule has 0 atom stereocenters. The predicted octanol–water partition coefficient (Wildman–Crippen LogP) is 2.08. The molecule has 1 saturated heterocycles. The van der Waals surface area contributed by atoms with Crippen LogP contribution in [0.1, 0.15) is 12.8 Å². The molecule has 18 heavy (non-hydrogen) atoms. The molecular weight excluding hydrogens is 228 g/mol. The SMILES string of the molecule is Nc1cc2ccccc2cc1N1C(=O)CCC1=O. The molecule has 2 N–H and O–H groups in total. The van der Waals surface area contributed by atoms with Gasteiger partial charge in [0.2, 0.25) is 11.8 Å². The first-order chi connectivity index (χ1) is 8.66. The van der Waals surface area contributed by atoms with Crippen molar-refractivity contribution in [2.45, 2.75) is 12.8 Å². The van der Waals surface area contributed by atoms with Crippen LogP contribution in [0.4, 0.5) is 11.4 Å². The van der Waals surface area contributed by atoms with E-state index in [0.717, 1.165) is 10.8 Å². The largest absolute Gasteiger partial charge is 0.397 e. The molecule has 0 saturated carbocycles. The van der Waals surface area contributed by atoms with Crippen molar-refractivity contribution in [1.82, 2.24) is 0 Å². The Morgan fingerprint density at radius 2 is 1.50 bits per heavy atom. The third-order valence-electron chi connectivity index (χ3n) is 3.19. The second-order valence-electron chi connectivity index (χ2n) is 4.38. The van der Waals surface area contributed by atoms with Crippen LogP contribution in [0.15, 0.2) is 36.4 Å². The second kappa shape index (κ2) is 3.84. The fraction of sp³-hybridized carbons (Fsp3) is 0.143. The standard InChI is InChI=1S/C14H12N2O2/c15-11-7-9-3-1-2-4-10(9)8-12(11)16-13(17)5-6-14(16)18/h1-4,7-8H,5-6,15H2. The molecule has 4 heteroatoms. The number of imide groups is 1. The molecule has 0 bridgehead atoms. The van der Waals surface area contributed by atoms with Crippen LogP contribution >= 0.6 is 0 Å². The Kier molecular flexibility index (Phi) is 2.30. The molecule has 2 aromatic rings. The summed E-state index contributed by atoms with van der Waals surface area (Å²) >= 11 is 0. The Labute approximate surface area is 104 Å². The van der Waals surface area contributed by atoms with Gasteiger partial charge < -0.3 is 5.73 Å². The van der Waals surface area contributed by atoms with E-state index in [1.807, 2.05) is 24.3 Å². The van der Waals surface area contributed by atoms with E-state index in [2.05, 4.69) is 0 Å². The average Bonchev–Trinajstić information content (AvgIpc) is 2.68. The van der Waals surface area contributed by atoms with Gasteiger partial charge >= 0.3 is 0 Å². The summed E-state index contributed by atoms with van der Waals surface area (Å²) in [7, 11) is 0. The zero-order valence-corrected chi connectivity index (χ0v) is 9.72. The topological polar surface area (TPSA) is 63.4 Å². The van der Waals surface area contributed by atoms with Crippen LogP contribution in [0.2, 0.25) is 0 Å². The van der Waals surface area contributed by atoms with Gasteiger partial charge in [0.15, 0.2) is 0 Å². The molecule has 4 nitrogen and oxygen atoms in total. The lowest BCUT2D eigenvalue weighted by Crippen LogP contribution is -2.29. The minimum Gasteiger partial charge on any atom is -0.397 e. The van der Waals surface area contributed by atoms with Crippen molar-refractivity contribution in [1.29, 1.82) is 0 Å². The highest BCUT2D eigenvalue weighted by Crippen LogP contribution is 2.32. The minimum atomic E-state index is -0.179. The summed E-state index contributed by atoms with van der Waals surface area (Å²) < 4.78 is 0. The number of anilines is 2. The molecule has 1 aliphatic rings. The van der Waals surface area contributed by atoms with Gasteiger partial charge in [-0.3, -0.25) is 9.59 Å². The number of nitrogens with zero attached hydrogens (tertiary/aromatic N) is 1. The van der Waals surface area contributed by atoms with E-state index < -0.39 is 0 Å². The highest BCUT2D eigenvalue weighted by atomic mass is 16.2. The number of carbonyl (C=O) groups excluding carboxylic acids is 2. The van der Waals surface area contributed by atoms with Crippen molar-refractivity contribution in [3.05, 3.63) is 36.4 Å². The quantitative estimate of drug-likeness (QED) is 0.613. The fourth-order valence-electron chi connectivity index (χ4n) is 2.28. The van der Waals surface area contributed by atoms with E-state index >= 15 is 0 Å². The van der Waals surface area contributed by atoms with E-state index in [0.29, 0.717) is 11.4 Å². The van der Waals surface area contributed by atoms with Crippen molar-refractivity contribution in [2.75, 3.05) is 10.6 Å². The van der Waals surface area contributed by atoms with Crippen LogP contribution < -0.4 is 10.6 Å². The third kappa shape index (κ3) is 1.54. The first-order valence-corrected chi connectivity index (χ1v) is 5.81. The first kappa shape index (κ1) is 10.8. The average molecular weight is 240 g/mol. The van der Waals surface area contributed by atoms with Gasteiger partial charge in [0.25, 0.3) is 0 Å². The number of fused-ring (bicyclic) bond motifs is 1. The monoisotopic (exact) mass is 240 g/mol. The maximum atomic E-state index is 11.7. The van der Waals surface area contributed by atoms with Gasteiger partial charge in [0.1, 0.15) is 0 Å². The molecule has 2 aromatic carbocycles. The van der Waals surface area contributed by atoms with Gasteiger partial charge in [-0.15, -0.1) is 0 Å². The van der Waals surface area contributed by atoms with Crippen molar-refractivity contribution in [3.8, 4) is 0 Å². The maximum Gasteiger partial charge on any atom is 0.234 e. The summed E-state index contributed by atoms with van der Waals surface area (Å²) in [4.78, 5) is 24.6. The Bertz CT molecular complexity index is 648. The maximum absolute atomic E-state index is 11.7. The summed E-state index contributed by atoms with van der Waals surface area (Å²) in [6, 6.07) is 11.3. The van der Waals surface area contributed by atoms with Crippen LogP contribution in [-0.2, 0) is 9.59 Å². The molecular formula is C14H12N2O2. The Morgan fingerprint density at radius 3 is 2.11 bits per heavy atom. The van der Waals surface area contributed by atoms with Crippen LogP contribution in [-0.4, -0.2) is 11.8 Å². The number of amides is 2. The van der Waals surface area contributed by atoms with Gasteiger partial charge in [-0.05, 0) is 22.9 Å². The second-order valence-corrected chi connectivity index (χ2v) is 4.38. The zero-order chi connectivity index (χ0) is 12.7. The smallest absolute Gasteiger partial charge is 0.234 e. The summed E-state index contributed by atoms with van der Waals surface area (Å²) in [5.41, 5.74) is 6.90. The Morgan fingerprint density at radius 1 is 0.944 bits per heavy atom. The van der Waals surface area contributed by atoms with Crippen LogP contribution in [0, 0.1) is 0 Å². The highest BCUT2D eigenvalue weighted by Gasteiger charge is 2.31. The molecule has 1 fully saturated rings. The number of hydrogen-bond acceptors (Lipinski definition) is 3. The van der Waals surface area contributed by atoms with E-state index in [4.69, 9.17) is 5.73 Å². The summed E-state index contributed by atoms with van der Waals surface area (Å²) in [6.45, 7) is 0. The lowest BCUT2D eigenvalue weighted by molar-refractivity contribution is -0.121. The predicted molar refractivity (Wildman–Crippen MR) is 70.1 cm³/mol. The summed E-state index contributed by atoms with van der Waals surface area (Å²) in [5, 5.41) is 1.96. The molecule has 0 spiro atoms.